The first-order valence-electron chi connectivity index (χ1n) is 6.39. The van der Waals surface area contributed by atoms with Crippen LogP contribution < -0.4 is 0 Å². The fourth-order valence-electron chi connectivity index (χ4n) is 2.94. The van der Waals surface area contributed by atoms with E-state index in [1.165, 1.54) is 6.07 Å². The molecule has 1 aliphatic carbocycles. The molecule has 1 aromatic carbocycles. The standard InChI is InChI=1S/C14H17FO3/c15-12-4-2-1-3-11(12)13(16)5-7-14(8-6-13)17-9-10-18-14/h1-4,16H,5-10H2. The topological polar surface area (TPSA) is 38.7 Å². The molecule has 0 bridgehead atoms. The molecule has 1 heterocycles. The van der Waals surface area contributed by atoms with E-state index in [9.17, 15) is 9.50 Å². The van der Waals surface area contributed by atoms with Gasteiger partial charge in [0.05, 0.1) is 18.8 Å². The first-order chi connectivity index (χ1) is 8.64. The van der Waals surface area contributed by atoms with E-state index in [4.69, 9.17) is 9.47 Å². The maximum atomic E-state index is 13.8. The average Bonchev–Trinajstić information content (AvgIpc) is 2.83. The molecule has 0 amide bonds. The summed E-state index contributed by atoms with van der Waals surface area (Å²) in [5.74, 6) is -0.874. The zero-order chi connectivity index (χ0) is 12.6. The summed E-state index contributed by atoms with van der Waals surface area (Å²) in [6, 6.07) is 6.43. The highest BCUT2D eigenvalue weighted by Gasteiger charge is 2.46. The highest BCUT2D eigenvalue weighted by Crippen LogP contribution is 2.45. The van der Waals surface area contributed by atoms with Gasteiger partial charge in [-0.3, -0.25) is 0 Å². The summed E-state index contributed by atoms with van der Waals surface area (Å²) in [6.07, 6.45) is 2.15. The Morgan fingerprint density at radius 3 is 2.22 bits per heavy atom. The van der Waals surface area contributed by atoms with Gasteiger partial charge in [-0.05, 0) is 18.9 Å². The molecule has 1 saturated heterocycles. The number of rotatable bonds is 1. The molecule has 2 aliphatic rings. The zero-order valence-electron chi connectivity index (χ0n) is 10.2. The Kier molecular flexibility index (Phi) is 2.88. The summed E-state index contributed by atoms with van der Waals surface area (Å²) < 4.78 is 25.0. The van der Waals surface area contributed by atoms with Crippen LogP contribution in [-0.2, 0) is 15.1 Å². The number of hydrogen-bond donors (Lipinski definition) is 1. The van der Waals surface area contributed by atoms with Gasteiger partial charge in [0.15, 0.2) is 5.79 Å². The molecule has 1 spiro atoms. The number of aliphatic hydroxyl groups is 1. The Morgan fingerprint density at radius 2 is 1.61 bits per heavy atom. The van der Waals surface area contributed by atoms with Crippen molar-refractivity contribution < 1.29 is 19.0 Å². The van der Waals surface area contributed by atoms with Crippen molar-refractivity contribution >= 4 is 0 Å². The maximum Gasteiger partial charge on any atom is 0.168 e. The molecule has 1 aromatic rings. The van der Waals surface area contributed by atoms with Crippen molar-refractivity contribution in [3.63, 3.8) is 0 Å². The predicted molar refractivity (Wildman–Crippen MR) is 63.4 cm³/mol. The Labute approximate surface area is 106 Å². The van der Waals surface area contributed by atoms with Gasteiger partial charge in [-0.25, -0.2) is 4.39 Å². The van der Waals surface area contributed by atoms with E-state index >= 15 is 0 Å². The first-order valence-corrected chi connectivity index (χ1v) is 6.39. The van der Waals surface area contributed by atoms with Gasteiger partial charge in [0.1, 0.15) is 5.82 Å². The SMILES string of the molecule is OC1(c2ccccc2F)CCC2(CC1)OCCO2. The molecule has 3 nitrogen and oxygen atoms in total. The molecular formula is C14H17FO3. The fourth-order valence-corrected chi connectivity index (χ4v) is 2.94. The number of halogens is 1. The maximum absolute atomic E-state index is 13.8. The molecule has 4 heteroatoms. The zero-order valence-corrected chi connectivity index (χ0v) is 10.2. The van der Waals surface area contributed by atoms with E-state index < -0.39 is 11.4 Å². The lowest BCUT2D eigenvalue weighted by Crippen LogP contribution is -2.42. The third kappa shape index (κ3) is 1.94. The molecule has 3 rings (SSSR count). The van der Waals surface area contributed by atoms with Crippen LogP contribution in [-0.4, -0.2) is 24.1 Å². The van der Waals surface area contributed by atoms with E-state index in [-0.39, 0.29) is 5.82 Å². The van der Waals surface area contributed by atoms with Crippen LogP contribution in [0.15, 0.2) is 24.3 Å². The Balaban J connectivity index is 1.80. The van der Waals surface area contributed by atoms with Crippen LogP contribution in [0.3, 0.4) is 0 Å². The molecule has 18 heavy (non-hydrogen) atoms. The lowest BCUT2D eigenvalue weighted by Gasteiger charge is -2.40. The first kappa shape index (κ1) is 12.1. The fraction of sp³-hybridized carbons (Fsp3) is 0.571. The summed E-state index contributed by atoms with van der Waals surface area (Å²) in [6.45, 7) is 1.22. The molecule has 98 valence electrons. The molecule has 2 fully saturated rings. The Bertz CT molecular complexity index is 430. The summed E-state index contributed by atoms with van der Waals surface area (Å²) in [4.78, 5) is 0. The predicted octanol–water partition coefficient (Wildman–Crippen LogP) is 2.33. The van der Waals surface area contributed by atoms with E-state index in [1.807, 2.05) is 0 Å². The summed E-state index contributed by atoms with van der Waals surface area (Å²) in [7, 11) is 0. The molecule has 1 saturated carbocycles. The van der Waals surface area contributed by atoms with E-state index in [2.05, 4.69) is 0 Å². The molecule has 1 aliphatic heterocycles. The van der Waals surface area contributed by atoms with Gasteiger partial charge in [-0.2, -0.15) is 0 Å². The normalized spacial score (nSPS) is 25.4. The van der Waals surface area contributed by atoms with E-state index in [0.717, 1.165) is 0 Å². The van der Waals surface area contributed by atoms with Crippen LogP contribution in [0, 0.1) is 5.82 Å². The van der Waals surface area contributed by atoms with Gasteiger partial charge in [0.25, 0.3) is 0 Å². The van der Waals surface area contributed by atoms with Crippen molar-refractivity contribution in [2.24, 2.45) is 0 Å². The van der Waals surface area contributed by atoms with Crippen molar-refractivity contribution in [2.45, 2.75) is 37.1 Å². The lowest BCUT2D eigenvalue weighted by molar-refractivity contribution is -0.204. The third-order valence-corrected chi connectivity index (χ3v) is 4.03. The highest BCUT2D eigenvalue weighted by atomic mass is 19.1. The smallest absolute Gasteiger partial charge is 0.168 e. The van der Waals surface area contributed by atoms with Gasteiger partial charge < -0.3 is 14.6 Å². The van der Waals surface area contributed by atoms with Crippen molar-refractivity contribution in [3.05, 3.63) is 35.6 Å². The summed E-state index contributed by atoms with van der Waals surface area (Å²) in [5, 5.41) is 10.6. The van der Waals surface area contributed by atoms with Crippen molar-refractivity contribution in [3.8, 4) is 0 Å². The molecule has 0 aromatic heterocycles. The highest BCUT2D eigenvalue weighted by molar-refractivity contribution is 5.25. The van der Waals surface area contributed by atoms with Gasteiger partial charge in [0.2, 0.25) is 0 Å². The van der Waals surface area contributed by atoms with Gasteiger partial charge in [-0.1, -0.05) is 18.2 Å². The largest absolute Gasteiger partial charge is 0.385 e. The number of hydrogen-bond acceptors (Lipinski definition) is 3. The van der Waals surface area contributed by atoms with Crippen LogP contribution in [0.1, 0.15) is 31.2 Å². The molecule has 0 unspecified atom stereocenters. The van der Waals surface area contributed by atoms with Gasteiger partial charge >= 0.3 is 0 Å². The van der Waals surface area contributed by atoms with Gasteiger partial charge in [0, 0.05) is 18.4 Å². The minimum Gasteiger partial charge on any atom is -0.385 e. The molecular weight excluding hydrogens is 235 g/mol. The van der Waals surface area contributed by atoms with Crippen molar-refractivity contribution in [1.29, 1.82) is 0 Å². The van der Waals surface area contributed by atoms with Gasteiger partial charge in [-0.15, -0.1) is 0 Å². The summed E-state index contributed by atoms with van der Waals surface area (Å²) >= 11 is 0. The monoisotopic (exact) mass is 252 g/mol. The number of ether oxygens (including phenoxy) is 2. The average molecular weight is 252 g/mol. The second-order valence-electron chi connectivity index (χ2n) is 5.12. The second-order valence-corrected chi connectivity index (χ2v) is 5.12. The Hall–Kier alpha value is -0.970. The van der Waals surface area contributed by atoms with Crippen molar-refractivity contribution in [1.82, 2.24) is 0 Å². The summed E-state index contributed by atoms with van der Waals surface area (Å²) in [5.41, 5.74) is -0.704. The Morgan fingerprint density at radius 1 is 1.00 bits per heavy atom. The van der Waals surface area contributed by atoms with E-state index in [0.29, 0.717) is 44.5 Å². The van der Waals surface area contributed by atoms with E-state index in [1.54, 1.807) is 18.2 Å². The van der Waals surface area contributed by atoms with Crippen LogP contribution in [0.2, 0.25) is 0 Å². The van der Waals surface area contributed by atoms with Crippen LogP contribution in [0.25, 0.3) is 0 Å². The minimum atomic E-state index is -1.09. The number of benzene rings is 1. The quantitative estimate of drug-likeness (QED) is 0.833. The molecule has 0 atom stereocenters. The van der Waals surface area contributed by atoms with Crippen molar-refractivity contribution in [2.75, 3.05) is 13.2 Å². The van der Waals surface area contributed by atoms with Crippen LogP contribution in [0.4, 0.5) is 4.39 Å². The van der Waals surface area contributed by atoms with Crippen LogP contribution >= 0.6 is 0 Å². The second kappa shape index (κ2) is 4.30. The molecule has 1 N–H and O–H groups in total. The lowest BCUT2D eigenvalue weighted by atomic mass is 9.77. The minimum absolute atomic E-state index is 0.343. The van der Waals surface area contributed by atoms with Crippen LogP contribution in [0.5, 0.6) is 0 Å². The molecule has 0 radical (unpaired) electrons. The third-order valence-electron chi connectivity index (χ3n) is 4.03.